The molecule has 128 valence electrons. The molecule has 10 nitrogen and oxygen atoms in total. The lowest BCUT2D eigenvalue weighted by atomic mass is 10.1. The number of ether oxygens (including phenoxy) is 1. The first-order valence-electron chi connectivity index (χ1n) is 7.08. The van der Waals surface area contributed by atoms with E-state index in [4.69, 9.17) is 24.0 Å². The smallest absolute Gasteiger partial charge is 0.387 e. The van der Waals surface area contributed by atoms with Crippen LogP contribution in [0.5, 0.6) is 0 Å². The van der Waals surface area contributed by atoms with E-state index in [1.165, 1.54) is 12.3 Å². The van der Waals surface area contributed by atoms with Crippen molar-refractivity contribution in [2.75, 3.05) is 12.3 Å². The average molecular weight is 347 g/mol. The molecule has 11 heteroatoms. The molecule has 0 aromatic carbocycles. The number of aliphatic hydroxyl groups is 1. The number of nitrogens with two attached hydrogens (primary N) is 1. The summed E-state index contributed by atoms with van der Waals surface area (Å²) in [6.45, 7) is 3.16. The van der Waals surface area contributed by atoms with E-state index in [9.17, 15) is 14.5 Å². The van der Waals surface area contributed by atoms with Crippen molar-refractivity contribution >= 4 is 13.6 Å². The maximum atomic E-state index is 12.6. The standard InChI is InChI=1S/C12H18N3O7P/c1-6(2)21-23(18)19-5-7-9(16)10(22-23)11(20-7)15-4-3-8(13)14-12(15)17/h3-4,6-7,9-11,16H,5H2,1-2H3,(H2,13,14,17)/t7?,9-,10+,11-,23?/m1/s1. The average Bonchev–Trinajstić information content (AvgIpc) is 2.66. The molecule has 1 aromatic rings. The van der Waals surface area contributed by atoms with Crippen molar-refractivity contribution in [1.29, 1.82) is 0 Å². The van der Waals surface area contributed by atoms with Crippen LogP contribution in [-0.4, -0.2) is 45.7 Å². The van der Waals surface area contributed by atoms with E-state index >= 15 is 0 Å². The summed E-state index contributed by atoms with van der Waals surface area (Å²) in [7, 11) is -3.88. The zero-order valence-electron chi connectivity index (χ0n) is 12.6. The first kappa shape index (κ1) is 16.6. The van der Waals surface area contributed by atoms with Gasteiger partial charge >= 0.3 is 13.5 Å². The normalized spacial score (nSPS) is 37.0. The lowest BCUT2D eigenvalue weighted by Gasteiger charge is -2.27. The number of phosphoric acid groups is 1. The summed E-state index contributed by atoms with van der Waals surface area (Å²) in [5.74, 6) is 0.0584. The quantitative estimate of drug-likeness (QED) is 0.726. The van der Waals surface area contributed by atoms with E-state index in [-0.39, 0.29) is 12.4 Å². The Balaban J connectivity index is 1.93. The molecule has 3 heterocycles. The fraction of sp³-hybridized carbons (Fsp3) is 0.667. The molecule has 0 aliphatic carbocycles. The number of hydrogen-bond donors (Lipinski definition) is 2. The summed E-state index contributed by atoms with van der Waals surface area (Å²) in [5.41, 5.74) is 4.78. The largest absolute Gasteiger partial charge is 0.475 e. The van der Waals surface area contributed by atoms with Gasteiger partial charge in [-0.1, -0.05) is 0 Å². The molecule has 2 fully saturated rings. The van der Waals surface area contributed by atoms with Crippen molar-refractivity contribution in [3.05, 3.63) is 22.7 Å². The van der Waals surface area contributed by atoms with Crippen molar-refractivity contribution in [2.45, 2.75) is 44.5 Å². The SMILES string of the molecule is CC(C)OP1(=O)OCC2O[C@@H](n3ccc(N)nc3=O)[C@@H](O1)[C@@H]2O. The highest BCUT2D eigenvalue weighted by atomic mass is 31.2. The van der Waals surface area contributed by atoms with Gasteiger partial charge in [0.15, 0.2) is 6.23 Å². The van der Waals surface area contributed by atoms with E-state index in [0.717, 1.165) is 4.57 Å². The topological polar surface area (TPSA) is 135 Å². The van der Waals surface area contributed by atoms with Gasteiger partial charge in [-0.3, -0.25) is 18.1 Å². The second-order valence-electron chi connectivity index (χ2n) is 5.57. The number of aliphatic hydroxyl groups excluding tert-OH is 1. The molecule has 2 saturated heterocycles. The second-order valence-corrected chi connectivity index (χ2v) is 7.14. The Morgan fingerprint density at radius 3 is 2.96 bits per heavy atom. The summed E-state index contributed by atoms with van der Waals surface area (Å²) in [4.78, 5) is 15.6. The first-order chi connectivity index (χ1) is 10.8. The van der Waals surface area contributed by atoms with Crippen LogP contribution in [0, 0.1) is 0 Å². The van der Waals surface area contributed by atoms with Crippen molar-refractivity contribution < 1.29 is 28.0 Å². The lowest BCUT2D eigenvalue weighted by Crippen LogP contribution is -2.36. The van der Waals surface area contributed by atoms with Gasteiger partial charge in [0.05, 0.1) is 12.7 Å². The van der Waals surface area contributed by atoms with E-state index in [1.54, 1.807) is 13.8 Å². The molecule has 3 rings (SSSR count). The summed E-state index contributed by atoms with van der Waals surface area (Å²) in [5, 5.41) is 10.3. The van der Waals surface area contributed by atoms with Gasteiger partial charge in [0.2, 0.25) is 0 Å². The summed E-state index contributed by atoms with van der Waals surface area (Å²) < 4.78 is 35.0. The third kappa shape index (κ3) is 3.18. The van der Waals surface area contributed by atoms with Crippen LogP contribution >= 0.6 is 7.82 Å². The van der Waals surface area contributed by atoms with Crippen LogP contribution in [0.3, 0.4) is 0 Å². The Kier molecular flexibility index (Phi) is 4.30. The molecule has 0 radical (unpaired) electrons. The third-order valence-corrected chi connectivity index (χ3v) is 5.07. The molecule has 2 aliphatic rings. The molecule has 2 unspecified atom stereocenters. The van der Waals surface area contributed by atoms with Gasteiger partial charge in [-0.2, -0.15) is 4.98 Å². The van der Waals surface area contributed by atoms with E-state index in [1.807, 2.05) is 0 Å². The predicted molar refractivity (Wildman–Crippen MR) is 77.5 cm³/mol. The van der Waals surface area contributed by atoms with Crippen LogP contribution in [0.25, 0.3) is 0 Å². The Morgan fingerprint density at radius 2 is 2.30 bits per heavy atom. The van der Waals surface area contributed by atoms with Gasteiger partial charge in [-0.25, -0.2) is 9.36 Å². The van der Waals surface area contributed by atoms with Gasteiger partial charge in [0.25, 0.3) is 0 Å². The zero-order valence-corrected chi connectivity index (χ0v) is 13.5. The molecule has 5 atom stereocenters. The molecule has 0 amide bonds. The molecular formula is C12H18N3O7P. The molecule has 0 spiro atoms. The van der Waals surface area contributed by atoms with Gasteiger partial charge in [0.1, 0.15) is 24.1 Å². The van der Waals surface area contributed by atoms with E-state index < -0.39 is 44.2 Å². The van der Waals surface area contributed by atoms with Crippen LogP contribution in [-0.2, 0) is 22.9 Å². The fourth-order valence-corrected chi connectivity index (χ4v) is 4.01. The Hall–Kier alpha value is -1.29. The maximum Gasteiger partial charge on any atom is 0.475 e. The van der Waals surface area contributed by atoms with Crippen LogP contribution in [0.2, 0.25) is 0 Å². The molecule has 0 saturated carbocycles. The van der Waals surface area contributed by atoms with Crippen LogP contribution < -0.4 is 11.4 Å². The highest BCUT2D eigenvalue weighted by Crippen LogP contribution is 2.57. The van der Waals surface area contributed by atoms with Crippen LogP contribution in [0.4, 0.5) is 5.82 Å². The van der Waals surface area contributed by atoms with Gasteiger partial charge < -0.3 is 15.6 Å². The minimum atomic E-state index is -3.88. The number of fused-ring (bicyclic) bond motifs is 2. The number of hydrogen-bond acceptors (Lipinski definition) is 9. The Morgan fingerprint density at radius 1 is 1.57 bits per heavy atom. The van der Waals surface area contributed by atoms with Gasteiger partial charge in [-0.15, -0.1) is 0 Å². The number of aromatic nitrogens is 2. The number of phosphoric ester groups is 1. The molecule has 2 aliphatic heterocycles. The maximum absolute atomic E-state index is 12.6. The Labute approximate surface area is 131 Å². The first-order valence-corrected chi connectivity index (χ1v) is 8.55. The van der Waals surface area contributed by atoms with Crippen molar-refractivity contribution in [2.24, 2.45) is 0 Å². The van der Waals surface area contributed by atoms with Crippen molar-refractivity contribution in [1.82, 2.24) is 9.55 Å². The molecule has 3 N–H and O–H groups in total. The highest BCUT2D eigenvalue weighted by Gasteiger charge is 2.53. The summed E-state index contributed by atoms with van der Waals surface area (Å²) >= 11 is 0. The zero-order chi connectivity index (χ0) is 16.8. The summed E-state index contributed by atoms with van der Waals surface area (Å²) in [6, 6.07) is 1.41. The number of nitrogens with zero attached hydrogens (tertiary/aromatic N) is 2. The van der Waals surface area contributed by atoms with E-state index in [0.29, 0.717) is 0 Å². The number of anilines is 1. The predicted octanol–water partition coefficient (Wildman–Crippen LogP) is 0.0323. The minimum Gasteiger partial charge on any atom is -0.387 e. The third-order valence-electron chi connectivity index (χ3n) is 3.43. The number of rotatable bonds is 3. The lowest BCUT2D eigenvalue weighted by molar-refractivity contribution is -0.0763. The van der Waals surface area contributed by atoms with Crippen molar-refractivity contribution in [3.8, 4) is 0 Å². The molecule has 23 heavy (non-hydrogen) atoms. The second kappa shape index (κ2) is 5.97. The van der Waals surface area contributed by atoms with Gasteiger partial charge in [-0.05, 0) is 19.9 Å². The Bertz CT molecular complexity index is 693. The van der Waals surface area contributed by atoms with Gasteiger partial charge in [0, 0.05) is 6.20 Å². The summed E-state index contributed by atoms with van der Waals surface area (Å²) in [6.07, 6.45) is -3.08. The van der Waals surface area contributed by atoms with E-state index in [2.05, 4.69) is 4.98 Å². The highest BCUT2D eigenvalue weighted by molar-refractivity contribution is 7.48. The van der Waals surface area contributed by atoms with Crippen LogP contribution in [0.1, 0.15) is 20.1 Å². The molecule has 2 bridgehead atoms. The minimum absolute atomic E-state index is 0.0584. The van der Waals surface area contributed by atoms with Crippen molar-refractivity contribution in [3.63, 3.8) is 0 Å². The number of nitrogen functional groups attached to an aromatic ring is 1. The van der Waals surface area contributed by atoms with Crippen LogP contribution in [0.15, 0.2) is 17.1 Å². The monoisotopic (exact) mass is 347 g/mol. The molecular weight excluding hydrogens is 329 g/mol. The fourth-order valence-electron chi connectivity index (χ4n) is 2.47. The molecule has 1 aromatic heterocycles.